The first-order valence-corrected chi connectivity index (χ1v) is 11.4. The molecule has 2 aromatic carbocycles. The Morgan fingerprint density at radius 1 is 1.06 bits per heavy atom. The van der Waals surface area contributed by atoms with Gasteiger partial charge in [0.2, 0.25) is 5.95 Å². The summed E-state index contributed by atoms with van der Waals surface area (Å²) in [5.74, 6) is 0.318. The number of anilines is 2. The second-order valence-electron chi connectivity index (χ2n) is 10.8. The number of ether oxygens (including phenoxy) is 1. The number of benzene rings is 2. The van der Waals surface area contributed by atoms with Gasteiger partial charge in [0, 0.05) is 17.3 Å². The summed E-state index contributed by atoms with van der Waals surface area (Å²) in [5, 5.41) is 3.30. The lowest BCUT2D eigenvalue weighted by atomic mass is 9.63. The SMILES string of the molecule is Cc1c(C=O)ccc2c1nc(Nc1ccc(OC(F)(F)F)cc1)n2C1CC(C)(C)CC(C)(C)C1. The first kappa shape index (κ1) is 24.1. The van der Waals surface area contributed by atoms with Gasteiger partial charge in [0.15, 0.2) is 0 Å². The molecule has 1 aliphatic carbocycles. The van der Waals surface area contributed by atoms with E-state index in [1.807, 2.05) is 19.1 Å². The van der Waals surface area contributed by atoms with Crippen molar-refractivity contribution in [3.8, 4) is 5.75 Å². The molecule has 1 fully saturated rings. The van der Waals surface area contributed by atoms with Crippen LogP contribution in [0.5, 0.6) is 5.75 Å². The molecule has 8 heteroatoms. The maximum Gasteiger partial charge on any atom is 0.573 e. The Hall–Kier alpha value is -3.03. The zero-order valence-corrected chi connectivity index (χ0v) is 20.1. The van der Waals surface area contributed by atoms with E-state index in [4.69, 9.17) is 4.98 Å². The topological polar surface area (TPSA) is 56.1 Å². The second kappa shape index (κ2) is 8.32. The number of alkyl halides is 3. The summed E-state index contributed by atoms with van der Waals surface area (Å²) < 4.78 is 43.7. The number of carbonyl (C=O) groups excluding carboxylic acids is 1. The summed E-state index contributed by atoms with van der Waals surface area (Å²) in [7, 11) is 0. The molecule has 3 aromatic rings. The number of hydrogen-bond donors (Lipinski definition) is 1. The maximum absolute atomic E-state index is 12.5. The number of aldehydes is 1. The van der Waals surface area contributed by atoms with Crippen molar-refractivity contribution in [1.82, 2.24) is 9.55 Å². The van der Waals surface area contributed by atoms with Crippen molar-refractivity contribution in [2.45, 2.75) is 66.3 Å². The molecule has 0 bridgehead atoms. The van der Waals surface area contributed by atoms with Crippen molar-refractivity contribution in [3.05, 3.63) is 47.5 Å². The Bertz CT molecular complexity index is 1190. The van der Waals surface area contributed by atoms with E-state index in [1.165, 1.54) is 24.3 Å². The smallest absolute Gasteiger partial charge is 0.406 e. The Balaban J connectivity index is 1.78. The molecule has 0 saturated heterocycles. The predicted molar refractivity (Wildman–Crippen MR) is 127 cm³/mol. The van der Waals surface area contributed by atoms with Crippen LogP contribution in [0.2, 0.25) is 0 Å². The van der Waals surface area contributed by atoms with Crippen molar-refractivity contribution in [2.75, 3.05) is 5.32 Å². The van der Waals surface area contributed by atoms with Gasteiger partial charge in [-0.3, -0.25) is 4.79 Å². The average molecular weight is 474 g/mol. The van der Waals surface area contributed by atoms with Crippen molar-refractivity contribution in [2.24, 2.45) is 10.8 Å². The van der Waals surface area contributed by atoms with Crippen LogP contribution < -0.4 is 10.1 Å². The third-order valence-corrected chi connectivity index (χ3v) is 6.53. The zero-order chi connectivity index (χ0) is 24.9. The van der Waals surface area contributed by atoms with Gasteiger partial charge in [0.05, 0.1) is 11.0 Å². The second-order valence-corrected chi connectivity index (χ2v) is 10.8. The van der Waals surface area contributed by atoms with Gasteiger partial charge in [0.25, 0.3) is 0 Å². The minimum Gasteiger partial charge on any atom is -0.406 e. The highest BCUT2D eigenvalue weighted by Crippen LogP contribution is 2.51. The van der Waals surface area contributed by atoms with E-state index in [0.29, 0.717) is 17.2 Å². The van der Waals surface area contributed by atoms with Gasteiger partial charge in [-0.2, -0.15) is 0 Å². The maximum atomic E-state index is 12.5. The molecule has 0 aliphatic heterocycles. The van der Waals surface area contributed by atoms with Crippen LogP contribution in [0, 0.1) is 17.8 Å². The summed E-state index contributed by atoms with van der Waals surface area (Å²) in [4.78, 5) is 16.4. The van der Waals surface area contributed by atoms with Gasteiger partial charge in [-0.15, -0.1) is 13.2 Å². The Morgan fingerprint density at radius 3 is 2.24 bits per heavy atom. The molecule has 1 aliphatic rings. The molecule has 0 atom stereocenters. The molecule has 1 N–H and O–H groups in total. The highest BCUT2D eigenvalue weighted by molar-refractivity contribution is 5.91. The highest BCUT2D eigenvalue weighted by Gasteiger charge is 2.40. The van der Waals surface area contributed by atoms with Crippen molar-refractivity contribution in [3.63, 3.8) is 0 Å². The van der Waals surface area contributed by atoms with Gasteiger partial charge in [0.1, 0.15) is 12.0 Å². The molecule has 34 heavy (non-hydrogen) atoms. The van der Waals surface area contributed by atoms with Crippen LogP contribution in [0.4, 0.5) is 24.8 Å². The molecule has 0 spiro atoms. The number of nitrogens with one attached hydrogen (secondary N) is 1. The minimum absolute atomic E-state index is 0.134. The monoisotopic (exact) mass is 473 g/mol. The summed E-state index contributed by atoms with van der Waals surface area (Å²) in [6.45, 7) is 11.0. The predicted octanol–water partition coefficient (Wildman–Crippen LogP) is 7.58. The molecule has 0 amide bonds. The van der Waals surface area contributed by atoms with Gasteiger partial charge in [-0.25, -0.2) is 4.98 Å². The number of nitrogens with zero attached hydrogens (tertiary/aromatic N) is 2. The van der Waals surface area contributed by atoms with Crippen molar-refractivity contribution >= 4 is 29.0 Å². The molecule has 1 aromatic heterocycles. The minimum atomic E-state index is -4.74. The summed E-state index contributed by atoms with van der Waals surface area (Å²) in [6.07, 6.45) is -0.877. The molecular formula is C26H30F3N3O2. The number of hydrogen-bond acceptors (Lipinski definition) is 4. The van der Waals surface area contributed by atoms with Crippen LogP contribution in [0.1, 0.15) is 68.9 Å². The van der Waals surface area contributed by atoms with Gasteiger partial charge in [-0.1, -0.05) is 27.7 Å². The molecule has 4 rings (SSSR count). The van der Waals surface area contributed by atoms with Crippen LogP contribution in [-0.2, 0) is 0 Å². The van der Waals surface area contributed by atoms with E-state index in [0.717, 1.165) is 42.1 Å². The Kier molecular flexibility index (Phi) is 5.90. The summed E-state index contributed by atoms with van der Waals surface area (Å²) in [6, 6.07) is 9.51. The van der Waals surface area contributed by atoms with E-state index >= 15 is 0 Å². The summed E-state index contributed by atoms with van der Waals surface area (Å²) in [5.41, 5.74) is 3.92. The molecule has 0 radical (unpaired) electrons. The number of rotatable bonds is 5. The largest absolute Gasteiger partial charge is 0.573 e. The van der Waals surface area contributed by atoms with Crippen LogP contribution in [0.3, 0.4) is 0 Å². The summed E-state index contributed by atoms with van der Waals surface area (Å²) >= 11 is 0. The molecule has 1 heterocycles. The average Bonchev–Trinajstić information content (AvgIpc) is 3.05. The standard InChI is InChI=1S/C26H30F3N3O2/c1-16-17(14-33)6-11-21-22(16)31-23(30-18-7-9-20(10-8-18)34-26(27,28)29)32(21)19-12-24(2,3)15-25(4,5)13-19/h6-11,14,19H,12-13,15H2,1-5H3,(H,30,31). The quantitative estimate of drug-likeness (QED) is 0.388. The van der Waals surface area contributed by atoms with Crippen molar-refractivity contribution in [1.29, 1.82) is 0 Å². The molecule has 0 unspecified atom stereocenters. The first-order chi connectivity index (χ1) is 15.8. The molecule has 5 nitrogen and oxygen atoms in total. The normalized spacial score (nSPS) is 18.1. The number of carbonyl (C=O) groups is 1. The fraction of sp³-hybridized carbons (Fsp3) is 0.462. The van der Waals surface area contributed by atoms with E-state index in [-0.39, 0.29) is 22.6 Å². The lowest BCUT2D eigenvalue weighted by Gasteiger charge is -2.45. The highest BCUT2D eigenvalue weighted by atomic mass is 19.4. The zero-order valence-electron chi connectivity index (χ0n) is 20.1. The molecular weight excluding hydrogens is 443 g/mol. The fourth-order valence-electron chi connectivity index (χ4n) is 5.74. The first-order valence-electron chi connectivity index (χ1n) is 11.4. The number of aromatic nitrogens is 2. The van der Waals surface area contributed by atoms with E-state index in [1.54, 1.807) is 0 Å². The lowest BCUT2D eigenvalue weighted by molar-refractivity contribution is -0.274. The fourth-order valence-corrected chi connectivity index (χ4v) is 5.74. The van der Waals surface area contributed by atoms with Crippen LogP contribution in [0.15, 0.2) is 36.4 Å². The number of imidazole rings is 1. The van der Waals surface area contributed by atoms with Gasteiger partial charge < -0.3 is 14.6 Å². The van der Waals surface area contributed by atoms with Crippen LogP contribution in [0.25, 0.3) is 11.0 Å². The Labute approximate surface area is 197 Å². The van der Waals surface area contributed by atoms with E-state index in [9.17, 15) is 18.0 Å². The molecule has 182 valence electrons. The van der Waals surface area contributed by atoms with Gasteiger partial charge >= 0.3 is 6.36 Å². The van der Waals surface area contributed by atoms with E-state index < -0.39 is 6.36 Å². The number of fused-ring (bicyclic) bond motifs is 1. The van der Waals surface area contributed by atoms with Gasteiger partial charge in [-0.05, 0) is 79.0 Å². The van der Waals surface area contributed by atoms with Crippen LogP contribution in [-0.4, -0.2) is 22.2 Å². The number of halogens is 3. The Morgan fingerprint density at radius 2 is 1.68 bits per heavy atom. The molecule has 1 saturated carbocycles. The third kappa shape index (κ3) is 5.05. The lowest BCUT2D eigenvalue weighted by Crippen LogP contribution is -2.35. The number of aryl methyl sites for hydroxylation is 1. The van der Waals surface area contributed by atoms with Crippen LogP contribution >= 0.6 is 0 Å². The van der Waals surface area contributed by atoms with E-state index in [2.05, 4.69) is 42.3 Å². The third-order valence-electron chi connectivity index (χ3n) is 6.53. The van der Waals surface area contributed by atoms with Crippen molar-refractivity contribution < 1.29 is 22.7 Å².